The van der Waals surface area contributed by atoms with Crippen LogP contribution in [0.4, 0.5) is 0 Å². The molecule has 0 unspecified atom stereocenters. The van der Waals surface area contributed by atoms with Crippen LogP contribution in [0.1, 0.15) is 27.9 Å². The quantitative estimate of drug-likeness (QED) is 0.165. The molecular weight excluding hydrogens is 827 g/mol. The summed E-state index contributed by atoms with van der Waals surface area (Å²) in [5.41, 5.74) is 15.7. The maximum atomic E-state index is 6.18. The van der Waals surface area contributed by atoms with Crippen molar-refractivity contribution < 1.29 is 24.5 Å². The predicted molar refractivity (Wildman–Crippen MR) is 214 cm³/mol. The van der Waals surface area contributed by atoms with E-state index in [9.17, 15) is 0 Å². The topological polar surface area (TPSA) is 51.8 Å². The molecule has 4 nitrogen and oxygen atoms in total. The Labute approximate surface area is 324 Å². The number of nitrogens with zero attached hydrogens (tertiary/aromatic N) is 3. The number of hydrogen-bond acceptors (Lipinski definition) is 4. The molecule has 4 heterocycles. The maximum absolute atomic E-state index is 6.18. The molecule has 4 aromatic heterocycles. The Morgan fingerprint density at radius 2 is 1.32 bits per heavy atom. The zero-order chi connectivity index (χ0) is 35.8. The molecular formula is C48H37IrN3O-2. The van der Waals surface area contributed by atoms with E-state index in [-0.39, 0.29) is 20.1 Å². The Hall–Kier alpha value is -5.74. The van der Waals surface area contributed by atoms with Gasteiger partial charge in [0, 0.05) is 43.6 Å². The van der Waals surface area contributed by atoms with Crippen molar-refractivity contribution in [3.63, 3.8) is 0 Å². The minimum absolute atomic E-state index is 0. The van der Waals surface area contributed by atoms with E-state index < -0.39 is 0 Å². The van der Waals surface area contributed by atoms with Crippen LogP contribution >= 0.6 is 0 Å². The molecule has 0 bridgehead atoms. The van der Waals surface area contributed by atoms with Crippen molar-refractivity contribution in [2.24, 2.45) is 0 Å². The van der Waals surface area contributed by atoms with E-state index in [0.29, 0.717) is 5.71 Å². The average Bonchev–Trinajstić information content (AvgIpc) is 3.54. The summed E-state index contributed by atoms with van der Waals surface area (Å²) >= 11 is 0. The Morgan fingerprint density at radius 3 is 2.13 bits per heavy atom. The minimum atomic E-state index is 0. The van der Waals surface area contributed by atoms with Crippen LogP contribution in [0.25, 0.3) is 77.6 Å². The van der Waals surface area contributed by atoms with E-state index in [2.05, 4.69) is 128 Å². The van der Waals surface area contributed by atoms with Crippen LogP contribution in [-0.4, -0.2) is 15.0 Å². The fourth-order valence-corrected chi connectivity index (χ4v) is 6.68. The number of aryl methyl sites for hydroxylation is 5. The van der Waals surface area contributed by atoms with Gasteiger partial charge in [-0.2, -0.15) is 0 Å². The van der Waals surface area contributed by atoms with Crippen LogP contribution in [-0.2, 0) is 20.1 Å². The SMILES string of the molecule is Cc1ccc(-c2[c-]cc(C)c(-c3ccccc3)c2)nc1.Cc1ccc2cc(-c3cc(-c4[c-]ccc5c4oc4nc(C)ccc45)ncc3C)ccc2c1.[Ir]. The molecule has 0 aliphatic rings. The molecule has 9 rings (SSSR count). The number of aromatic nitrogens is 3. The van der Waals surface area contributed by atoms with Gasteiger partial charge in [0.25, 0.3) is 0 Å². The second-order valence-corrected chi connectivity index (χ2v) is 13.5. The number of hydrogen-bond donors (Lipinski definition) is 0. The molecule has 9 aromatic rings. The first-order valence-electron chi connectivity index (χ1n) is 17.5. The fraction of sp³-hybridized carbons (Fsp3) is 0.104. The van der Waals surface area contributed by atoms with Crippen molar-refractivity contribution in [1.82, 2.24) is 15.0 Å². The van der Waals surface area contributed by atoms with E-state index in [4.69, 9.17) is 9.40 Å². The Bertz CT molecular complexity index is 2730. The van der Waals surface area contributed by atoms with Crippen molar-refractivity contribution in [3.05, 3.63) is 174 Å². The molecule has 0 aliphatic heterocycles. The van der Waals surface area contributed by atoms with Gasteiger partial charge in [-0.15, -0.1) is 47.5 Å². The van der Waals surface area contributed by atoms with Gasteiger partial charge >= 0.3 is 0 Å². The molecule has 5 heteroatoms. The van der Waals surface area contributed by atoms with Gasteiger partial charge in [-0.3, -0.25) is 0 Å². The molecule has 53 heavy (non-hydrogen) atoms. The molecule has 5 aromatic carbocycles. The standard InChI is InChI=1S/C29H21N2O.C19H16N.Ir/c1-17-7-9-21-14-22(11-10-20(21)13-17)26-15-27(30-16-18(26)2)25-6-4-5-23-24-12-8-19(3)31-29(24)32-28(23)25;1-14-8-11-19(20-13-14)17-10-9-15(2)18(12-17)16-6-4-3-5-7-16;/h4-5,7-16H,1-3H3;3-9,11-13H,1-2H3;/q2*-1;. The second kappa shape index (κ2) is 15.1. The van der Waals surface area contributed by atoms with Gasteiger partial charge in [0.1, 0.15) is 0 Å². The number of fused-ring (bicyclic) bond motifs is 4. The number of furan rings is 1. The number of rotatable bonds is 4. The molecule has 0 spiro atoms. The van der Waals surface area contributed by atoms with Crippen molar-refractivity contribution in [1.29, 1.82) is 0 Å². The molecule has 0 N–H and O–H groups in total. The van der Waals surface area contributed by atoms with Gasteiger partial charge in [0.05, 0.1) is 5.58 Å². The molecule has 0 saturated carbocycles. The van der Waals surface area contributed by atoms with Crippen molar-refractivity contribution in [2.75, 3.05) is 0 Å². The van der Waals surface area contributed by atoms with Crippen molar-refractivity contribution in [3.8, 4) is 44.8 Å². The largest absolute Gasteiger partial charge is 0.486 e. The third-order valence-electron chi connectivity index (χ3n) is 9.53. The normalized spacial score (nSPS) is 11.0. The minimum Gasteiger partial charge on any atom is -0.486 e. The summed E-state index contributed by atoms with van der Waals surface area (Å²) < 4.78 is 6.18. The van der Waals surface area contributed by atoms with Gasteiger partial charge in [-0.25, -0.2) is 4.98 Å². The Balaban J connectivity index is 0.000000179. The first kappa shape index (κ1) is 35.7. The van der Waals surface area contributed by atoms with Gasteiger partial charge in [0.2, 0.25) is 5.71 Å². The smallest absolute Gasteiger partial charge is 0.216 e. The van der Waals surface area contributed by atoms with Crippen LogP contribution in [0.5, 0.6) is 0 Å². The molecule has 0 saturated heterocycles. The molecule has 0 fully saturated rings. The summed E-state index contributed by atoms with van der Waals surface area (Å²) in [6, 6.07) is 48.8. The summed E-state index contributed by atoms with van der Waals surface area (Å²) in [6.07, 6.45) is 3.83. The van der Waals surface area contributed by atoms with Crippen molar-refractivity contribution in [2.45, 2.75) is 34.6 Å². The average molecular weight is 864 g/mol. The van der Waals surface area contributed by atoms with Crippen molar-refractivity contribution >= 4 is 32.8 Å². The fourth-order valence-electron chi connectivity index (χ4n) is 6.68. The number of benzene rings is 5. The van der Waals surface area contributed by atoms with Crippen LogP contribution in [0.3, 0.4) is 0 Å². The van der Waals surface area contributed by atoms with Gasteiger partial charge in [0.15, 0.2) is 0 Å². The van der Waals surface area contributed by atoms with Crippen LogP contribution in [0.15, 0.2) is 138 Å². The Kier molecular flexibility index (Phi) is 10.1. The summed E-state index contributed by atoms with van der Waals surface area (Å²) in [7, 11) is 0. The van der Waals surface area contributed by atoms with E-state index in [1.54, 1.807) is 0 Å². The second-order valence-electron chi connectivity index (χ2n) is 13.5. The zero-order valence-corrected chi connectivity index (χ0v) is 32.7. The van der Waals surface area contributed by atoms with Crippen LogP contribution in [0, 0.1) is 46.8 Å². The number of pyridine rings is 3. The van der Waals surface area contributed by atoms with Gasteiger partial charge in [-0.1, -0.05) is 108 Å². The molecule has 0 amide bonds. The maximum Gasteiger partial charge on any atom is 0.216 e. The zero-order valence-electron chi connectivity index (χ0n) is 30.3. The third-order valence-corrected chi connectivity index (χ3v) is 9.53. The first-order valence-corrected chi connectivity index (χ1v) is 17.5. The predicted octanol–water partition coefficient (Wildman–Crippen LogP) is 12.4. The van der Waals surface area contributed by atoms with E-state index in [1.807, 2.05) is 62.6 Å². The van der Waals surface area contributed by atoms with Crippen LogP contribution in [0.2, 0.25) is 0 Å². The third kappa shape index (κ3) is 7.32. The molecule has 261 valence electrons. The molecule has 0 aliphatic carbocycles. The summed E-state index contributed by atoms with van der Waals surface area (Å²) in [6.45, 7) is 10.4. The molecule has 0 atom stereocenters. The first-order chi connectivity index (χ1) is 25.3. The summed E-state index contributed by atoms with van der Waals surface area (Å²) in [5.74, 6) is 0. The van der Waals surface area contributed by atoms with Crippen LogP contribution < -0.4 is 0 Å². The Morgan fingerprint density at radius 1 is 0.566 bits per heavy atom. The summed E-state index contributed by atoms with van der Waals surface area (Å²) in [4.78, 5) is 13.8. The van der Waals surface area contributed by atoms with E-state index in [0.717, 1.165) is 55.7 Å². The van der Waals surface area contributed by atoms with Gasteiger partial charge in [-0.05, 0) is 95.9 Å². The molecule has 1 radical (unpaired) electrons. The monoisotopic (exact) mass is 864 g/mol. The summed E-state index contributed by atoms with van der Waals surface area (Å²) in [5, 5.41) is 4.53. The van der Waals surface area contributed by atoms with Gasteiger partial charge < -0.3 is 14.4 Å². The van der Waals surface area contributed by atoms with E-state index in [1.165, 1.54) is 44.2 Å². The van der Waals surface area contributed by atoms with E-state index >= 15 is 0 Å².